The average Bonchev–Trinajstić information content (AvgIpc) is 2.59. The van der Waals surface area contributed by atoms with Crippen molar-refractivity contribution in [2.45, 2.75) is 25.9 Å². The third-order valence-electron chi connectivity index (χ3n) is 2.27. The highest BCUT2D eigenvalue weighted by atomic mass is 15.5. The highest BCUT2D eigenvalue weighted by Gasteiger charge is 2.09. The molecule has 12 heavy (non-hydrogen) atoms. The summed E-state index contributed by atoms with van der Waals surface area (Å²) in [5, 5.41) is 7.71. The van der Waals surface area contributed by atoms with Crippen LogP contribution < -0.4 is 0 Å². The zero-order valence-corrected chi connectivity index (χ0v) is 7.19. The summed E-state index contributed by atoms with van der Waals surface area (Å²) in [5.74, 6) is 0. The summed E-state index contributed by atoms with van der Waals surface area (Å²) in [4.78, 5) is 2.41. The predicted molar refractivity (Wildman–Crippen MR) is 45.4 cm³/mol. The van der Waals surface area contributed by atoms with Gasteiger partial charge in [0, 0.05) is 6.20 Å². The number of likely N-dealkylation sites (tertiary alicyclic amines) is 1. The van der Waals surface area contributed by atoms with Crippen LogP contribution in [-0.4, -0.2) is 33.0 Å². The topological polar surface area (TPSA) is 34.0 Å². The van der Waals surface area contributed by atoms with Crippen molar-refractivity contribution in [2.75, 3.05) is 13.1 Å². The van der Waals surface area contributed by atoms with E-state index >= 15 is 0 Å². The molecule has 0 N–H and O–H groups in total. The summed E-state index contributed by atoms with van der Waals surface area (Å²) < 4.78 is 1.88. The van der Waals surface area contributed by atoms with Gasteiger partial charge in [0.25, 0.3) is 0 Å². The molecule has 1 aromatic rings. The van der Waals surface area contributed by atoms with E-state index in [1.54, 1.807) is 6.20 Å². The standard InChI is InChI=1S/C8H14N4/c1-2-5-11(6-3-1)8-12-7-4-9-10-12/h4,7H,1-3,5-6,8H2. The molecule has 1 aliphatic rings. The summed E-state index contributed by atoms with van der Waals surface area (Å²) in [6.45, 7) is 3.32. The zero-order valence-electron chi connectivity index (χ0n) is 7.19. The molecule has 1 aromatic heterocycles. The molecular weight excluding hydrogens is 152 g/mol. The Morgan fingerprint density at radius 2 is 2.00 bits per heavy atom. The summed E-state index contributed by atoms with van der Waals surface area (Å²) in [5.41, 5.74) is 0. The molecule has 0 bridgehead atoms. The van der Waals surface area contributed by atoms with Crippen LogP contribution in [-0.2, 0) is 6.67 Å². The maximum atomic E-state index is 3.94. The summed E-state index contributed by atoms with van der Waals surface area (Å²) >= 11 is 0. The van der Waals surface area contributed by atoms with Gasteiger partial charge in [-0.3, -0.25) is 4.90 Å². The number of aromatic nitrogens is 3. The second kappa shape index (κ2) is 3.67. The van der Waals surface area contributed by atoms with Crippen LogP contribution in [0.3, 0.4) is 0 Å². The zero-order chi connectivity index (χ0) is 8.23. The fraction of sp³-hybridized carbons (Fsp3) is 0.750. The van der Waals surface area contributed by atoms with Crippen molar-refractivity contribution >= 4 is 0 Å². The molecule has 66 valence electrons. The first-order valence-electron chi connectivity index (χ1n) is 4.51. The van der Waals surface area contributed by atoms with E-state index < -0.39 is 0 Å². The molecule has 0 saturated carbocycles. The van der Waals surface area contributed by atoms with Gasteiger partial charge < -0.3 is 0 Å². The lowest BCUT2D eigenvalue weighted by molar-refractivity contribution is 0.172. The molecule has 2 rings (SSSR count). The first kappa shape index (κ1) is 7.73. The number of hydrogen-bond donors (Lipinski definition) is 0. The average molecular weight is 166 g/mol. The Morgan fingerprint density at radius 3 is 2.67 bits per heavy atom. The van der Waals surface area contributed by atoms with Crippen LogP contribution in [0.15, 0.2) is 12.4 Å². The number of nitrogens with zero attached hydrogens (tertiary/aromatic N) is 4. The lowest BCUT2D eigenvalue weighted by Gasteiger charge is -2.25. The maximum Gasteiger partial charge on any atom is 0.0946 e. The maximum absolute atomic E-state index is 3.94. The van der Waals surface area contributed by atoms with E-state index in [1.165, 1.54) is 32.4 Å². The smallest absolute Gasteiger partial charge is 0.0946 e. The SMILES string of the molecule is c1cn(CN2CCCCC2)nn1. The van der Waals surface area contributed by atoms with Crippen LogP contribution in [0.5, 0.6) is 0 Å². The quantitative estimate of drug-likeness (QED) is 0.649. The Labute approximate surface area is 72.2 Å². The second-order valence-electron chi connectivity index (χ2n) is 3.26. The normalized spacial score (nSPS) is 19.7. The molecule has 1 fully saturated rings. The van der Waals surface area contributed by atoms with Crippen LogP contribution in [0, 0.1) is 0 Å². The predicted octanol–water partition coefficient (Wildman–Crippen LogP) is 0.721. The van der Waals surface area contributed by atoms with Crippen LogP contribution >= 0.6 is 0 Å². The molecule has 0 unspecified atom stereocenters. The lowest BCUT2D eigenvalue weighted by atomic mass is 10.1. The monoisotopic (exact) mass is 166 g/mol. The minimum Gasteiger partial charge on any atom is -0.284 e. The first-order chi connectivity index (χ1) is 5.95. The van der Waals surface area contributed by atoms with Gasteiger partial charge >= 0.3 is 0 Å². The largest absolute Gasteiger partial charge is 0.284 e. The van der Waals surface area contributed by atoms with Crippen molar-refractivity contribution in [3.05, 3.63) is 12.4 Å². The molecule has 0 radical (unpaired) electrons. The van der Waals surface area contributed by atoms with Crippen LogP contribution in [0.1, 0.15) is 19.3 Å². The van der Waals surface area contributed by atoms with E-state index in [0.717, 1.165) is 6.67 Å². The molecule has 0 atom stereocenters. The van der Waals surface area contributed by atoms with Gasteiger partial charge in [0.05, 0.1) is 12.9 Å². The third-order valence-corrected chi connectivity index (χ3v) is 2.27. The van der Waals surface area contributed by atoms with Crippen molar-refractivity contribution in [3.63, 3.8) is 0 Å². The van der Waals surface area contributed by atoms with Gasteiger partial charge in [0.2, 0.25) is 0 Å². The van der Waals surface area contributed by atoms with Crippen molar-refractivity contribution in [2.24, 2.45) is 0 Å². The van der Waals surface area contributed by atoms with E-state index in [2.05, 4.69) is 15.2 Å². The highest BCUT2D eigenvalue weighted by molar-refractivity contribution is 4.66. The lowest BCUT2D eigenvalue weighted by Crippen LogP contribution is -2.31. The fourth-order valence-electron chi connectivity index (χ4n) is 1.61. The van der Waals surface area contributed by atoms with Crippen molar-refractivity contribution in [1.82, 2.24) is 19.9 Å². The van der Waals surface area contributed by atoms with Gasteiger partial charge in [-0.15, -0.1) is 5.10 Å². The molecule has 0 aliphatic carbocycles. The van der Waals surface area contributed by atoms with Gasteiger partial charge in [0.1, 0.15) is 0 Å². The van der Waals surface area contributed by atoms with Gasteiger partial charge in [-0.25, -0.2) is 4.68 Å². The molecule has 2 heterocycles. The fourth-order valence-corrected chi connectivity index (χ4v) is 1.61. The van der Waals surface area contributed by atoms with Gasteiger partial charge in [-0.1, -0.05) is 11.6 Å². The molecular formula is C8H14N4. The van der Waals surface area contributed by atoms with Gasteiger partial charge in [0.15, 0.2) is 0 Å². The number of hydrogen-bond acceptors (Lipinski definition) is 3. The van der Waals surface area contributed by atoms with Crippen LogP contribution in [0.2, 0.25) is 0 Å². The van der Waals surface area contributed by atoms with Crippen molar-refractivity contribution in [1.29, 1.82) is 0 Å². The second-order valence-corrected chi connectivity index (χ2v) is 3.26. The van der Waals surface area contributed by atoms with E-state index in [1.807, 2.05) is 10.9 Å². The Bertz CT molecular complexity index is 213. The van der Waals surface area contributed by atoms with E-state index in [9.17, 15) is 0 Å². The van der Waals surface area contributed by atoms with E-state index in [4.69, 9.17) is 0 Å². The third kappa shape index (κ3) is 1.82. The molecule has 0 aromatic carbocycles. The first-order valence-corrected chi connectivity index (χ1v) is 4.51. The van der Waals surface area contributed by atoms with Crippen molar-refractivity contribution in [3.8, 4) is 0 Å². The molecule has 0 amide bonds. The molecule has 4 heteroatoms. The molecule has 1 saturated heterocycles. The molecule has 1 aliphatic heterocycles. The number of piperidine rings is 1. The Hall–Kier alpha value is -0.900. The minimum atomic E-state index is 0.903. The van der Waals surface area contributed by atoms with Crippen LogP contribution in [0.4, 0.5) is 0 Å². The Morgan fingerprint density at radius 1 is 1.17 bits per heavy atom. The highest BCUT2D eigenvalue weighted by Crippen LogP contribution is 2.08. The summed E-state index contributed by atoms with van der Waals surface area (Å²) in [6, 6.07) is 0. The molecule has 4 nitrogen and oxygen atoms in total. The Kier molecular flexibility index (Phi) is 2.36. The van der Waals surface area contributed by atoms with Crippen molar-refractivity contribution < 1.29 is 0 Å². The van der Waals surface area contributed by atoms with Gasteiger partial charge in [-0.05, 0) is 25.9 Å². The van der Waals surface area contributed by atoms with E-state index in [-0.39, 0.29) is 0 Å². The number of rotatable bonds is 2. The summed E-state index contributed by atoms with van der Waals surface area (Å²) in [7, 11) is 0. The van der Waals surface area contributed by atoms with E-state index in [0.29, 0.717) is 0 Å². The summed E-state index contributed by atoms with van der Waals surface area (Å²) in [6.07, 6.45) is 7.68. The molecule has 0 spiro atoms. The van der Waals surface area contributed by atoms with Gasteiger partial charge in [-0.2, -0.15) is 0 Å². The van der Waals surface area contributed by atoms with Crippen LogP contribution in [0.25, 0.3) is 0 Å². The Balaban J connectivity index is 1.86. The minimum absolute atomic E-state index is 0.903.